The van der Waals surface area contributed by atoms with Crippen LogP contribution in [0.5, 0.6) is 0 Å². The molecular formula is C13H20N2S. The molecule has 2 aliphatic carbocycles. The molecule has 0 amide bonds. The van der Waals surface area contributed by atoms with E-state index < -0.39 is 0 Å². The zero-order valence-electron chi connectivity index (χ0n) is 9.91. The molecule has 0 aliphatic heterocycles. The Morgan fingerprint density at radius 1 is 1.44 bits per heavy atom. The predicted octanol–water partition coefficient (Wildman–Crippen LogP) is 3.07. The van der Waals surface area contributed by atoms with E-state index in [1.54, 1.807) is 0 Å². The molecule has 0 saturated heterocycles. The highest BCUT2D eigenvalue weighted by atomic mass is 32.1. The zero-order valence-corrected chi connectivity index (χ0v) is 10.7. The van der Waals surface area contributed by atoms with Crippen LogP contribution in [0.15, 0.2) is 0 Å². The summed E-state index contributed by atoms with van der Waals surface area (Å²) in [5, 5.41) is 1.21. The molecule has 0 radical (unpaired) electrons. The molecule has 2 unspecified atom stereocenters. The van der Waals surface area contributed by atoms with Crippen molar-refractivity contribution in [1.82, 2.24) is 4.98 Å². The summed E-state index contributed by atoms with van der Waals surface area (Å²) in [7, 11) is 0. The minimum atomic E-state index is 0.232. The molecule has 2 nitrogen and oxygen atoms in total. The third kappa shape index (κ3) is 1.91. The van der Waals surface area contributed by atoms with Gasteiger partial charge in [-0.3, -0.25) is 0 Å². The van der Waals surface area contributed by atoms with Gasteiger partial charge in [0.2, 0.25) is 0 Å². The summed E-state index contributed by atoms with van der Waals surface area (Å²) >= 11 is 1.89. The van der Waals surface area contributed by atoms with Crippen molar-refractivity contribution in [1.29, 1.82) is 0 Å². The third-order valence-electron chi connectivity index (χ3n) is 4.05. The summed E-state index contributed by atoms with van der Waals surface area (Å²) in [5.41, 5.74) is 7.59. The van der Waals surface area contributed by atoms with Crippen LogP contribution in [0.1, 0.15) is 54.2 Å². The SMILES string of the molecule is CCC1CCc2nc(C(N)C3CC3)sc2C1. The maximum Gasteiger partial charge on any atom is 0.110 e. The molecule has 1 fully saturated rings. The first-order chi connectivity index (χ1) is 7.78. The average molecular weight is 236 g/mol. The molecular weight excluding hydrogens is 216 g/mol. The van der Waals surface area contributed by atoms with E-state index >= 15 is 0 Å². The fraction of sp³-hybridized carbons (Fsp3) is 0.769. The second kappa shape index (κ2) is 4.11. The highest BCUT2D eigenvalue weighted by Gasteiger charge is 2.32. The Balaban J connectivity index is 1.80. The van der Waals surface area contributed by atoms with E-state index in [-0.39, 0.29) is 6.04 Å². The van der Waals surface area contributed by atoms with Crippen LogP contribution in [0.3, 0.4) is 0 Å². The Labute approximate surface area is 101 Å². The van der Waals surface area contributed by atoms with Crippen molar-refractivity contribution >= 4 is 11.3 Å². The van der Waals surface area contributed by atoms with Crippen molar-refractivity contribution < 1.29 is 0 Å². The van der Waals surface area contributed by atoms with Crippen LogP contribution in [0.2, 0.25) is 0 Å². The Morgan fingerprint density at radius 3 is 2.94 bits per heavy atom. The van der Waals surface area contributed by atoms with Crippen molar-refractivity contribution in [3.63, 3.8) is 0 Å². The smallest absolute Gasteiger partial charge is 0.110 e. The van der Waals surface area contributed by atoms with Gasteiger partial charge in [-0.2, -0.15) is 0 Å². The van der Waals surface area contributed by atoms with Crippen molar-refractivity contribution in [2.75, 3.05) is 0 Å². The lowest BCUT2D eigenvalue weighted by molar-refractivity contribution is 0.445. The van der Waals surface area contributed by atoms with Gasteiger partial charge in [-0.15, -0.1) is 11.3 Å². The van der Waals surface area contributed by atoms with E-state index in [0.29, 0.717) is 0 Å². The zero-order chi connectivity index (χ0) is 11.1. The third-order valence-corrected chi connectivity index (χ3v) is 5.27. The Morgan fingerprint density at radius 2 is 2.25 bits per heavy atom. The molecule has 3 heteroatoms. The monoisotopic (exact) mass is 236 g/mol. The number of thiazole rings is 1. The van der Waals surface area contributed by atoms with Crippen molar-refractivity contribution in [3.05, 3.63) is 15.6 Å². The van der Waals surface area contributed by atoms with Crippen molar-refractivity contribution in [3.8, 4) is 0 Å². The summed E-state index contributed by atoms with van der Waals surface area (Å²) in [6.45, 7) is 2.30. The first kappa shape index (κ1) is 10.7. The summed E-state index contributed by atoms with van der Waals surface area (Å²) in [6.07, 6.45) is 7.68. The van der Waals surface area contributed by atoms with Crippen molar-refractivity contribution in [2.45, 2.75) is 51.5 Å². The maximum atomic E-state index is 6.23. The largest absolute Gasteiger partial charge is 0.322 e. The van der Waals surface area contributed by atoms with Gasteiger partial charge in [0.15, 0.2) is 0 Å². The van der Waals surface area contributed by atoms with E-state index in [2.05, 4.69) is 6.92 Å². The molecule has 0 aromatic carbocycles. The molecule has 2 aliphatic rings. The first-order valence-corrected chi connectivity index (χ1v) is 7.33. The van der Waals surface area contributed by atoms with Gasteiger partial charge in [0.25, 0.3) is 0 Å². The Hall–Kier alpha value is -0.410. The molecule has 1 heterocycles. The maximum absolute atomic E-state index is 6.23. The minimum Gasteiger partial charge on any atom is -0.322 e. The number of nitrogens with zero attached hydrogens (tertiary/aromatic N) is 1. The topological polar surface area (TPSA) is 38.9 Å². The normalized spacial score (nSPS) is 26.5. The molecule has 0 bridgehead atoms. The molecule has 88 valence electrons. The standard InChI is InChI=1S/C13H20N2S/c1-2-8-3-6-10-11(7-8)16-13(15-10)12(14)9-4-5-9/h8-9,12H,2-7,14H2,1H3. The number of aromatic nitrogens is 1. The van der Waals surface area contributed by atoms with Gasteiger partial charge in [0.05, 0.1) is 11.7 Å². The van der Waals surface area contributed by atoms with Crippen LogP contribution in [-0.4, -0.2) is 4.98 Å². The van der Waals surface area contributed by atoms with E-state index in [1.165, 1.54) is 54.1 Å². The fourth-order valence-electron chi connectivity index (χ4n) is 2.61. The van der Waals surface area contributed by atoms with Gasteiger partial charge >= 0.3 is 0 Å². The number of hydrogen-bond donors (Lipinski definition) is 1. The summed E-state index contributed by atoms with van der Waals surface area (Å²) < 4.78 is 0. The lowest BCUT2D eigenvalue weighted by Crippen LogP contribution is -2.13. The molecule has 3 rings (SSSR count). The van der Waals surface area contributed by atoms with Crippen LogP contribution >= 0.6 is 11.3 Å². The lowest BCUT2D eigenvalue weighted by atomic mass is 9.89. The van der Waals surface area contributed by atoms with E-state index in [1.807, 2.05) is 11.3 Å². The molecule has 1 aromatic heterocycles. The Bertz CT molecular complexity index is 381. The average Bonchev–Trinajstić information content (AvgIpc) is 3.06. The van der Waals surface area contributed by atoms with Crippen molar-refractivity contribution in [2.24, 2.45) is 17.6 Å². The lowest BCUT2D eigenvalue weighted by Gasteiger charge is -2.18. The minimum absolute atomic E-state index is 0.232. The molecule has 0 spiro atoms. The van der Waals surface area contributed by atoms with Gasteiger partial charge in [0.1, 0.15) is 5.01 Å². The van der Waals surface area contributed by atoms with E-state index in [9.17, 15) is 0 Å². The van der Waals surface area contributed by atoms with Crippen LogP contribution in [0.25, 0.3) is 0 Å². The van der Waals surface area contributed by atoms with Gasteiger partial charge in [-0.05, 0) is 43.9 Å². The molecule has 16 heavy (non-hydrogen) atoms. The highest BCUT2D eigenvalue weighted by molar-refractivity contribution is 7.11. The Kier molecular flexibility index (Phi) is 2.76. The molecule has 1 saturated carbocycles. The van der Waals surface area contributed by atoms with Crippen LogP contribution in [-0.2, 0) is 12.8 Å². The van der Waals surface area contributed by atoms with Gasteiger partial charge in [0, 0.05) is 4.88 Å². The second-order valence-electron chi connectivity index (χ2n) is 5.30. The number of rotatable bonds is 3. The van der Waals surface area contributed by atoms with Gasteiger partial charge in [-0.25, -0.2) is 4.98 Å². The van der Waals surface area contributed by atoms with E-state index in [4.69, 9.17) is 10.7 Å². The van der Waals surface area contributed by atoms with Gasteiger partial charge < -0.3 is 5.73 Å². The number of fused-ring (bicyclic) bond motifs is 1. The molecule has 1 aromatic rings. The van der Waals surface area contributed by atoms with Crippen LogP contribution in [0, 0.1) is 11.8 Å². The quantitative estimate of drug-likeness (QED) is 0.876. The summed E-state index contributed by atoms with van der Waals surface area (Å²) in [4.78, 5) is 6.31. The number of aryl methyl sites for hydroxylation is 1. The summed E-state index contributed by atoms with van der Waals surface area (Å²) in [5.74, 6) is 1.62. The fourth-order valence-corrected chi connectivity index (χ4v) is 3.93. The molecule has 2 N–H and O–H groups in total. The predicted molar refractivity (Wildman–Crippen MR) is 67.6 cm³/mol. The van der Waals surface area contributed by atoms with Gasteiger partial charge in [-0.1, -0.05) is 13.3 Å². The van der Waals surface area contributed by atoms with Crippen LogP contribution < -0.4 is 5.73 Å². The second-order valence-corrected chi connectivity index (χ2v) is 6.42. The summed E-state index contributed by atoms with van der Waals surface area (Å²) in [6, 6.07) is 0.232. The number of hydrogen-bond acceptors (Lipinski definition) is 3. The molecule has 2 atom stereocenters. The highest BCUT2D eigenvalue weighted by Crippen LogP contribution is 2.42. The first-order valence-electron chi connectivity index (χ1n) is 6.52. The number of nitrogens with two attached hydrogens (primary N) is 1. The van der Waals surface area contributed by atoms with Crippen LogP contribution in [0.4, 0.5) is 0 Å². The van der Waals surface area contributed by atoms with E-state index in [0.717, 1.165) is 11.8 Å².